The van der Waals surface area contributed by atoms with Gasteiger partial charge in [0, 0.05) is 12.1 Å². The summed E-state index contributed by atoms with van der Waals surface area (Å²) in [6, 6.07) is 4.24. The van der Waals surface area contributed by atoms with Crippen LogP contribution >= 0.6 is 0 Å². The highest BCUT2D eigenvalue weighted by molar-refractivity contribution is 6.01. The molecule has 106 valence electrons. The number of amides is 1. The number of hydrogen-bond donors (Lipinski definition) is 1. The van der Waals surface area contributed by atoms with Crippen LogP contribution in [-0.2, 0) is 4.79 Å². The number of carbonyl (C=O) groups is 2. The molecule has 1 amide bonds. The summed E-state index contributed by atoms with van der Waals surface area (Å²) in [5.74, 6) is -1.71. The summed E-state index contributed by atoms with van der Waals surface area (Å²) in [5, 5.41) is 19.9. The minimum atomic E-state index is -1.12. The number of nitrogens with zero attached hydrogens (tertiary/aromatic N) is 2. The average molecular weight is 278 g/mol. The number of nitro groups is 1. The molecule has 0 spiro atoms. The van der Waals surface area contributed by atoms with Gasteiger partial charge >= 0.3 is 5.97 Å². The summed E-state index contributed by atoms with van der Waals surface area (Å²) < 4.78 is 0. The third-order valence-electron chi connectivity index (χ3n) is 3.22. The Balaban J connectivity index is 2.41. The minimum Gasteiger partial charge on any atom is -0.480 e. The molecule has 1 aromatic rings. The van der Waals surface area contributed by atoms with Crippen LogP contribution in [0.3, 0.4) is 0 Å². The molecule has 1 aliphatic carbocycles. The van der Waals surface area contributed by atoms with Crippen molar-refractivity contribution in [3.05, 3.63) is 39.4 Å². The monoisotopic (exact) mass is 278 g/mol. The first-order valence-electron chi connectivity index (χ1n) is 6.18. The highest BCUT2D eigenvalue weighted by Crippen LogP contribution is 2.31. The van der Waals surface area contributed by atoms with Crippen molar-refractivity contribution in [2.24, 2.45) is 0 Å². The Labute approximate surface area is 115 Å². The van der Waals surface area contributed by atoms with Crippen LogP contribution in [0.15, 0.2) is 18.2 Å². The van der Waals surface area contributed by atoms with Gasteiger partial charge in [-0.15, -0.1) is 0 Å². The first-order chi connectivity index (χ1) is 9.41. The van der Waals surface area contributed by atoms with Crippen molar-refractivity contribution >= 4 is 17.6 Å². The molecule has 1 N–H and O–H groups in total. The molecule has 0 unspecified atom stereocenters. The predicted octanol–water partition coefficient (Wildman–Crippen LogP) is 1.59. The zero-order valence-corrected chi connectivity index (χ0v) is 10.9. The number of aliphatic carboxylic acids is 1. The standard InChI is InChI=1S/C13H14N2O5/c1-8-3-2-4-10(15(19)20)12(8)13(18)14(7-11(16)17)9-5-6-9/h2-4,9H,5-7H2,1H3,(H,16,17). The number of benzene rings is 1. The van der Waals surface area contributed by atoms with E-state index in [1.54, 1.807) is 13.0 Å². The first kappa shape index (κ1) is 14.0. The van der Waals surface area contributed by atoms with Gasteiger partial charge < -0.3 is 10.0 Å². The van der Waals surface area contributed by atoms with Crippen LogP contribution in [-0.4, -0.2) is 39.4 Å². The van der Waals surface area contributed by atoms with E-state index in [2.05, 4.69) is 0 Å². The summed E-state index contributed by atoms with van der Waals surface area (Å²) in [7, 11) is 0. The maximum absolute atomic E-state index is 12.5. The Hall–Kier alpha value is -2.44. The van der Waals surface area contributed by atoms with E-state index < -0.39 is 23.3 Å². The van der Waals surface area contributed by atoms with Gasteiger partial charge in [0.15, 0.2) is 0 Å². The van der Waals surface area contributed by atoms with E-state index in [0.29, 0.717) is 5.56 Å². The third-order valence-corrected chi connectivity index (χ3v) is 3.22. The third kappa shape index (κ3) is 2.76. The number of carbonyl (C=O) groups excluding carboxylic acids is 1. The van der Waals surface area contributed by atoms with E-state index in [1.807, 2.05) is 0 Å². The minimum absolute atomic E-state index is 0.0225. The van der Waals surface area contributed by atoms with E-state index in [9.17, 15) is 19.7 Å². The molecule has 1 aliphatic rings. The molecular weight excluding hydrogens is 264 g/mol. The summed E-state index contributed by atoms with van der Waals surface area (Å²) >= 11 is 0. The SMILES string of the molecule is Cc1cccc([N+](=O)[O-])c1C(=O)N(CC(=O)O)C1CC1. The fourth-order valence-electron chi connectivity index (χ4n) is 2.12. The number of hydrogen-bond acceptors (Lipinski definition) is 4. The van der Waals surface area contributed by atoms with E-state index in [4.69, 9.17) is 5.11 Å². The van der Waals surface area contributed by atoms with Crippen molar-refractivity contribution < 1.29 is 19.6 Å². The van der Waals surface area contributed by atoms with Crippen LogP contribution in [0.25, 0.3) is 0 Å². The Kier molecular flexibility index (Phi) is 3.69. The molecule has 0 bridgehead atoms. The number of rotatable bonds is 5. The number of aryl methyl sites for hydroxylation is 1. The zero-order valence-electron chi connectivity index (χ0n) is 10.9. The Morgan fingerprint density at radius 1 is 1.45 bits per heavy atom. The van der Waals surface area contributed by atoms with Crippen LogP contribution < -0.4 is 0 Å². The van der Waals surface area contributed by atoms with E-state index in [1.165, 1.54) is 17.0 Å². The second kappa shape index (κ2) is 5.28. The molecule has 20 heavy (non-hydrogen) atoms. The topological polar surface area (TPSA) is 101 Å². The molecule has 0 aromatic heterocycles. The molecule has 1 saturated carbocycles. The van der Waals surface area contributed by atoms with Crippen molar-refractivity contribution in [1.82, 2.24) is 4.90 Å². The summed E-state index contributed by atoms with van der Waals surface area (Å²) in [6.07, 6.45) is 1.47. The van der Waals surface area contributed by atoms with Gasteiger partial charge in [-0.05, 0) is 25.3 Å². The number of nitro benzene ring substituents is 1. The second-order valence-corrected chi connectivity index (χ2v) is 4.78. The normalized spacial score (nSPS) is 13.8. The molecule has 1 fully saturated rings. The molecular formula is C13H14N2O5. The van der Waals surface area contributed by atoms with Gasteiger partial charge in [0.2, 0.25) is 0 Å². The predicted molar refractivity (Wildman–Crippen MR) is 69.5 cm³/mol. The molecule has 0 radical (unpaired) electrons. The van der Waals surface area contributed by atoms with Crippen molar-refractivity contribution in [3.8, 4) is 0 Å². The van der Waals surface area contributed by atoms with Gasteiger partial charge in [-0.3, -0.25) is 19.7 Å². The lowest BCUT2D eigenvalue weighted by Gasteiger charge is -2.21. The van der Waals surface area contributed by atoms with Crippen LogP contribution in [0, 0.1) is 17.0 Å². The molecule has 7 nitrogen and oxygen atoms in total. The fourth-order valence-corrected chi connectivity index (χ4v) is 2.12. The van der Waals surface area contributed by atoms with Gasteiger partial charge in [-0.1, -0.05) is 12.1 Å². The van der Waals surface area contributed by atoms with Gasteiger partial charge in [0.1, 0.15) is 12.1 Å². The Morgan fingerprint density at radius 3 is 2.60 bits per heavy atom. The van der Waals surface area contributed by atoms with E-state index in [0.717, 1.165) is 12.8 Å². The largest absolute Gasteiger partial charge is 0.480 e. The highest BCUT2D eigenvalue weighted by atomic mass is 16.6. The lowest BCUT2D eigenvalue weighted by Crippen LogP contribution is -2.38. The lowest BCUT2D eigenvalue weighted by atomic mass is 10.1. The second-order valence-electron chi connectivity index (χ2n) is 4.78. The summed E-state index contributed by atoms with van der Waals surface area (Å²) in [4.78, 5) is 34.9. The Morgan fingerprint density at radius 2 is 2.10 bits per heavy atom. The van der Waals surface area contributed by atoms with Gasteiger partial charge in [0.25, 0.3) is 11.6 Å². The Bertz CT molecular complexity index is 580. The average Bonchev–Trinajstić information content (AvgIpc) is 3.18. The molecule has 0 aliphatic heterocycles. The summed E-state index contributed by atoms with van der Waals surface area (Å²) in [5.41, 5.74) is 0.164. The van der Waals surface area contributed by atoms with Crippen molar-refractivity contribution in [1.29, 1.82) is 0 Å². The molecule has 0 heterocycles. The smallest absolute Gasteiger partial charge is 0.323 e. The van der Waals surface area contributed by atoms with Crippen molar-refractivity contribution in [3.63, 3.8) is 0 Å². The molecule has 0 atom stereocenters. The maximum atomic E-state index is 12.5. The van der Waals surface area contributed by atoms with Crippen LogP contribution in [0.5, 0.6) is 0 Å². The van der Waals surface area contributed by atoms with E-state index >= 15 is 0 Å². The lowest BCUT2D eigenvalue weighted by molar-refractivity contribution is -0.385. The molecule has 1 aromatic carbocycles. The zero-order chi connectivity index (χ0) is 14.9. The van der Waals surface area contributed by atoms with Crippen molar-refractivity contribution in [2.45, 2.75) is 25.8 Å². The van der Waals surface area contributed by atoms with Crippen LogP contribution in [0.2, 0.25) is 0 Å². The van der Waals surface area contributed by atoms with Crippen LogP contribution in [0.4, 0.5) is 5.69 Å². The number of carboxylic acid groups (broad SMARTS) is 1. The van der Waals surface area contributed by atoms with Crippen molar-refractivity contribution in [2.75, 3.05) is 6.54 Å². The van der Waals surface area contributed by atoms with Gasteiger partial charge in [0.05, 0.1) is 4.92 Å². The highest BCUT2D eigenvalue weighted by Gasteiger charge is 2.37. The summed E-state index contributed by atoms with van der Waals surface area (Å²) in [6.45, 7) is 1.17. The van der Waals surface area contributed by atoms with Gasteiger partial charge in [-0.2, -0.15) is 0 Å². The first-order valence-corrected chi connectivity index (χ1v) is 6.18. The maximum Gasteiger partial charge on any atom is 0.323 e. The van der Waals surface area contributed by atoms with Gasteiger partial charge in [-0.25, -0.2) is 0 Å². The molecule has 2 rings (SSSR count). The fraction of sp³-hybridized carbons (Fsp3) is 0.385. The number of carboxylic acids is 1. The molecule has 0 saturated heterocycles. The van der Waals surface area contributed by atoms with E-state index in [-0.39, 0.29) is 17.3 Å². The molecule has 7 heteroatoms. The quantitative estimate of drug-likeness (QED) is 0.651. The van der Waals surface area contributed by atoms with Crippen LogP contribution in [0.1, 0.15) is 28.8 Å².